The highest BCUT2D eigenvalue weighted by molar-refractivity contribution is 6.44. The Bertz CT molecular complexity index is 818. The summed E-state index contributed by atoms with van der Waals surface area (Å²) in [7, 11) is 1.60. The topological polar surface area (TPSA) is 53.0 Å². The van der Waals surface area contributed by atoms with Crippen LogP contribution in [0.4, 0.5) is 15.8 Å². The van der Waals surface area contributed by atoms with E-state index in [0.717, 1.165) is 5.69 Å². The number of hydrogen-bond donors (Lipinski definition) is 0. The summed E-state index contributed by atoms with van der Waals surface area (Å²) in [6, 6.07) is 14.4. The van der Waals surface area contributed by atoms with Gasteiger partial charge < -0.3 is 4.90 Å². The molecule has 6 heteroatoms. The van der Waals surface area contributed by atoms with Gasteiger partial charge in [0.05, 0.1) is 5.69 Å². The first-order chi connectivity index (χ1) is 12.0. The van der Waals surface area contributed by atoms with Crippen LogP contribution < -0.4 is 9.91 Å². The molecule has 0 spiro atoms. The fraction of sp³-hybridized carbons (Fsp3) is 0.211. The summed E-state index contributed by atoms with van der Waals surface area (Å²) < 4.78 is 13.1. The summed E-state index contributed by atoms with van der Waals surface area (Å²) in [4.78, 5) is 26.1. The largest absolute Gasteiger partial charge is 0.310 e. The Labute approximate surface area is 145 Å². The van der Waals surface area contributed by atoms with Crippen molar-refractivity contribution < 1.29 is 14.0 Å². The third-order valence-electron chi connectivity index (χ3n) is 4.17. The van der Waals surface area contributed by atoms with E-state index < -0.39 is 6.04 Å². The third-order valence-corrected chi connectivity index (χ3v) is 4.17. The molecule has 0 bridgehead atoms. The number of benzene rings is 2. The number of rotatable bonds is 4. The Hall–Kier alpha value is -3.02. The molecule has 2 aromatic carbocycles. The lowest BCUT2D eigenvalue weighted by Gasteiger charge is -2.20. The fourth-order valence-corrected chi connectivity index (χ4v) is 2.75. The predicted molar refractivity (Wildman–Crippen MR) is 95.3 cm³/mol. The van der Waals surface area contributed by atoms with Crippen LogP contribution >= 0.6 is 0 Å². The Morgan fingerprint density at radius 3 is 2.36 bits per heavy atom. The number of hydrogen-bond acceptors (Lipinski definition) is 4. The van der Waals surface area contributed by atoms with Crippen LogP contribution in [0.1, 0.15) is 13.3 Å². The van der Waals surface area contributed by atoms with E-state index in [-0.39, 0.29) is 23.9 Å². The molecule has 0 aliphatic carbocycles. The second-order valence-corrected chi connectivity index (χ2v) is 5.90. The molecule has 1 unspecified atom stereocenters. The standard InChI is InChI=1S/C19H18FN3O2/c1-13(24)18-12-17(21-23(18)16-6-4-3-5-7-16)19(25)22(2)15-10-8-14(20)9-11-15/h3-11,18H,12H2,1-2H3. The number of nitrogens with zero attached hydrogens (tertiary/aromatic N) is 3. The highest BCUT2D eigenvalue weighted by Gasteiger charge is 2.35. The van der Waals surface area contributed by atoms with E-state index in [0.29, 0.717) is 11.4 Å². The van der Waals surface area contributed by atoms with E-state index in [1.165, 1.54) is 36.1 Å². The zero-order valence-electron chi connectivity index (χ0n) is 14.0. The number of para-hydroxylation sites is 1. The van der Waals surface area contributed by atoms with Gasteiger partial charge in [-0.1, -0.05) is 18.2 Å². The number of anilines is 2. The van der Waals surface area contributed by atoms with Gasteiger partial charge in [0.1, 0.15) is 17.6 Å². The maximum atomic E-state index is 13.1. The molecular formula is C19H18FN3O2. The number of halogens is 1. The number of amides is 1. The molecule has 0 N–H and O–H groups in total. The molecule has 3 rings (SSSR count). The minimum atomic E-state index is -0.497. The molecular weight excluding hydrogens is 321 g/mol. The van der Waals surface area contributed by atoms with Gasteiger partial charge in [-0.15, -0.1) is 0 Å². The predicted octanol–water partition coefficient (Wildman–Crippen LogP) is 3.01. The van der Waals surface area contributed by atoms with Crippen LogP contribution in [-0.2, 0) is 9.59 Å². The lowest BCUT2D eigenvalue weighted by Crippen LogP contribution is -2.35. The molecule has 0 radical (unpaired) electrons. The van der Waals surface area contributed by atoms with Crippen molar-refractivity contribution in [2.45, 2.75) is 19.4 Å². The number of ketones is 1. The molecule has 5 nitrogen and oxygen atoms in total. The molecule has 1 atom stereocenters. The molecule has 2 aromatic rings. The number of Topliss-reactive ketones (excluding diaryl/α,β-unsaturated/α-hetero) is 1. The van der Waals surface area contributed by atoms with Gasteiger partial charge in [0, 0.05) is 19.2 Å². The third kappa shape index (κ3) is 3.42. The smallest absolute Gasteiger partial charge is 0.274 e. The van der Waals surface area contributed by atoms with E-state index in [2.05, 4.69) is 5.10 Å². The molecule has 25 heavy (non-hydrogen) atoms. The normalized spacial score (nSPS) is 16.5. The van der Waals surface area contributed by atoms with Gasteiger partial charge in [-0.05, 0) is 43.3 Å². The second-order valence-electron chi connectivity index (χ2n) is 5.90. The highest BCUT2D eigenvalue weighted by Crippen LogP contribution is 2.26. The average Bonchev–Trinajstić information content (AvgIpc) is 3.07. The first-order valence-electron chi connectivity index (χ1n) is 7.93. The molecule has 0 saturated carbocycles. The van der Waals surface area contributed by atoms with Gasteiger partial charge in [-0.2, -0.15) is 5.10 Å². The first kappa shape index (κ1) is 16.8. The van der Waals surface area contributed by atoms with E-state index in [1.807, 2.05) is 30.3 Å². The molecule has 1 amide bonds. The number of hydrazone groups is 1. The summed E-state index contributed by atoms with van der Waals surface area (Å²) in [5.41, 5.74) is 1.62. The van der Waals surface area contributed by atoms with Gasteiger partial charge in [-0.3, -0.25) is 14.6 Å². The average molecular weight is 339 g/mol. The molecule has 1 aliphatic rings. The zero-order chi connectivity index (χ0) is 18.0. The van der Waals surface area contributed by atoms with Crippen molar-refractivity contribution in [3.8, 4) is 0 Å². The minimum absolute atomic E-state index is 0.0557. The Balaban J connectivity index is 1.87. The second kappa shape index (κ2) is 6.84. The summed E-state index contributed by atoms with van der Waals surface area (Å²) in [5, 5.41) is 5.98. The van der Waals surface area contributed by atoms with Crippen molar-refractivity contribution in [1.82, 2.24) is 0 Å². The van der Waals surface area contributed by atoms with Crippen LogP contribution in [0.2, 0.25) is 0 Å². The molecule has 0 aromatic heterocycles. The van der Waals surface area contributed by atoms with Crippen LogP contribution in [0.5, 0.6) is 0 Å². The van der Waals surface area contributed by atoms with Crippen LogP contribution in [0.15, 0.2) is 59.7 Å². The Morgan fingerprint density at radius 1 is 1.12 bits per heavy atom. The van der Waals surface area contributed by atoms with Gasteiger partial charge in [-0.25, -0.2) is 4.39 Å². The van der Waals surface area contributed by atoms with Crippen molar-refractivity contribution in [2.24, 2.45) is 5.10 Å². The first-order valence-corrected chi connectivity index (χ1v) is 7.93. The lowest BCUT2D eigenvalue weighted by atomic mass is 10.1. The van der Waals surface area contributed by atoms with Gasteiger partial charge in [0.2, 0.25) is 0 Å². The van der Waals surface area contributed by atoms with Crippen molar-refractivity contribution in [1.29, 1.82) is 0 Å². The Kier molecular flexibility index (Phi) is 4.61. The van der Waals surface area contributed by atoms with Crippen molar-refractivity contribution in [3.63, 3.8) is 0 Å². The van der Waals surface area contributed by atoms with Crippen molar-refractivity contribution in [3.05, 3.63) is 60.4 Å². The van der Waals surface area contributed by atoms with Crippen LogP contribution in [0.3, 0.4) is 0 Å². The quantitative estimate of drug-likeness (QED) is 0.860. The SMILES string of the molecule is CC(=O)C1CC(C(=O)N(C)c2ccc(F)cc2)=NN1c1ccccc1. The van der Waals surface area contributed by atoms with Crippen molar-refractivity contribution in [2.75, 3.05) is 17.0 Å². The number of carbonyl (C=O) groups is 2. The zero-order valence-corrected chi connectivity index (χ0v) is 14.0. The van der Waals surface area contributed by atoms with Gasteiger partial charge >= 0.3 is 0 Å². The highest BCUT2D eigenvalue weighted by atomic mass is 19.1. The molecule has 128 valence electrons. The lowest BCUT2D eigenvalue weighted by molar-refractivity contribution is -0.118. The van der Waals surface area contributed by atoms with E-state index in [9.17, 15) is 14.0 Å². The molecule has 0 fully saturated rings. The van der Waals surface area contributed by atoms with E-state index in [4.69, 9.17) is 0 Å². The molecule has 0 saturated heterocycles. The van der Waals surface area contributed by atoms with Gasteiger partial charge in [0.25, 0.3) is 5.91 Å². The monoisotopic (exact) mass is 339 g/mol. The van der Waals surface area contributed by atoms with E-state index in [1.54, 1.807) is 12.1 Å². The van der Waals surface area contributed by atoms with E-state index >= 15 is 0 Å². The van der Waals surface area contributed by atoms with Crippen LogP contribution in [0.25, 0.3) is 0 Å². The van der Waals surface area contributed by atoms with Crippen molar-refractivity contribution >= 4 is 28.8 Å². The van der Waals surface area contributed by atoms with Crippen LogP contribution in [0, 0.1) is 5.82 Å². The summed E-state index contributed by atoms with van der Waals surface area (Å²) in [6.07, 6.45) is 0.245. The van der Waals surface area contributed by atoms with Crippen LogP contribution in [-0.4, -0.2) is 30.5 Å². The fourth-order valence-electron chi connectivity index (χ4n) is 2.75. The summed E-state index contributed by atoms with van der Waals surface area (Å²) in [5.74, 6) is -0.731. The maximum Gasteiger partial charge on any atom is 0.274 e. The minimum Gasteiger partial charge on any atom is -0.310 e. The molecule has 1 aliphatic heterocycles. The van der Waals surface area contributed by atoms with Gasteiger partial charge in [0.15, 0.2) is 5.78 Å². The summed E-state index contributed by atoms with van der Waals surface area (Å²) >= 11 is 0. The molecule has 1 heterocycles. The maximum absolute atomic E-state index is 13.1. The number of carbonyl (C=O) groups excluding carboxylic acids is 2. The Morgan fingerprint density at radius 2 is 1.76 bits per heavy atom. The summed E-state index contributed by atoms with van der Waals surface area (Å²) in [6.45, 7) is 1.49.